The van der Waals surface area contributed by atoms with Crippen LogP contribution in [0.2, 0.25) is 0 Å². The van der Waals surface area contributed by atoms with Gasteiger partial charge in [-0.25, -0.2) is 23.2 Å². The van der Waals surface area contributed by atoms with Gasteiger partial charge in [-0.15, -0.1) is 0 Å². The highest BCUT2D eigenvalue weighted by Crippen LogP contribution is 2.30. The highest BCUT2D eigenvalue weighted by atomic mass is 32.2. The number of aliphatic hydroxyl groups is 1. The number of thioether (sulfide) groups is 1. The lowest BCUT2D eigenvalue weighted by molar-refractivity contribution is -0.140. The quantitative estimate of drug-likeness (QED) is 0.270. The van der Waals surface area contributed by atoms with Crippen LogP contribution in [-0.2, 0) is 14.6 Å². The summed E-state index contributed by atoms with van der Waals surface area (Å²) in [5.41, 5.74) is 8.99. The summed E-state index contributed by atoms with van der Waals surface area (Å²) >= 11 is 1.09. The van der Waals surface area contributed by atoms with Crippen LogP contribution < -0.4 is 10.5 Å². The summed E-state index contributed by atoms with van der Waals surface area (Å²) in [4.78, 5) is 17.5. The number of hydrogen-bond donors (Lipinski definition) is 3. The Labute approximate surface area is 208 Å². The number of aliphatic hydroxyl groups excluding tert-OH is 1. The Morgan fingerprint density at radius 1 is 1.06 bits per heavy atom. The standard InChI is InChI=1S/C24H27N3O6S2/c1-15-12-16(2)27-23(26-15)34-14-19(28)13-24(25,22(29)30)35(31,32)21-10-6-18(7-11-21)17-4-8-20(33-3)9-5-17/h4-12,19,28H,13-14,25H2,1-3H3,(H,29,30). The van der Waals surface area contributed by atoms with E-state index in [0.717, 1.165) is 34.3 Å². The Kier molecular flexibility index (Phi) is 8.16. The summed E-state index contributed by atoms with van der Waals surface area (Å²) in [7, 11) is -2.98. The summed E-state index contributed by atoms with van der Waals surface area (Å²) in [6, 6.07) is 14.7. The smallest absolute Gasteiger partial charge is 0.340 e. The number of aryl methyl sites for hydroxylation is 2. The minimum absolute atomic E-state index is 0.0267. The van der Waals surface area contributed by atoms with Crippen molar-refractivity contribution in [3.05, 3.63) is 66.0 Å². The van der Waals surface area contributed by atoms with Crippen LogP contribution in [0.5, 0.6) is 5.75 Å². The average molecular weight is 518 g/mol. The highest BCUT2D eigenvalue weighted by Gasteiger charge is 2.49. The maximum atomic E-state index is 13.3. The number of rotatable bonds is 10. The molecule has 0 aliphatic heterocycles. The molecule has 3 aromatic rings. The van der Waals surface area contributed by atoms with E-state index in [2.05, 4.69) is 9.97 Å². The third-order valence-corrected chi connectivity index (χ3v) is 8.52. The van der Waals surface area contributed by atoms with Crippen LogP contribution in [0.4, 0.5) is 0 Å². The molecule has 2 atom stereocenters. The van der Waals surface area contributed by atoms with E-state index >= 15 is 0 Å². The SMILES string of the molecule is COc1ccc(-c2ccc(S(=O)(=O)C(N)(CC(O)CSc3nc(C)cc(C)n3)C(=O)O)cc2)cc1. The lowest BCUT2D eigenvalue weighted by Crippen LogP contribution is -2.56. The molecule has 11 heteroatoms. The van der Waals surface area contributed by atoms with Crippen molar-refractivity contribution in [2.24, 2.45) is 5.73 Å². The van der Waals surface area contributed by atoms with Crippen LogP contribution in [0.15, 0.2) is 64.6 Å². The van der Waals surface area contributed by atoms with E-state index in [4.69, 9.17) is 10.5 Å². The second-order valence-corrected chi connectivity index (χ2v) is 11.2. The Hall–Kier alpha value is -2.99. The molecule has 0 saturated carbocycles. The first-order chi connectivity index (χ1) is 16.5. The van der Waals surface area contributed by atoms with Crippen molar-refractivity contribution in [1.29, 1.82) is 0 Å². The van der Waals surface area contributed by atoms with Crippen molar-refractivity contribution in [2.45, 2.75) is 41.3 Å². The monoisotopic (exact) mass is 517 g/mol. The van der Waals surface area contributed by atoms with Gasteiger partial charge in [0.2, 0.25) is 14.7 Å². The maximum Gasteiger partial charge on any atom is 0.340 e. The van der Waals surface area contributed by atoms with Gasteiger partial charge in [-0.3, -0.25) is 0 Å². The Bertz CT molecular complexity index is 1280. The topological polar surface area (TPSA) is 153 Å². The molecule has 0 saturated heterocycles. The molecule has 0 bridgehead atoms. The van der Waals surface area contributed by atoms with Gasteiger partial charge in [0.05, 0.1) is 18.1 Å². The van der Waals surface area contributed by atoms with Gasteiger partial charge in [-0.2, -0.15) is 0 Å². The molecule has 2 unspecified atom stereocenters. The van der Waals surface area contributed by atoms with E-state index in [1.165, 1.54) is 12.1 Å². The molecule has 2 aromatic carbocycles. The number of methoxy groups -OCH3 is 1. The lowest BCUT2D eigenvalue weighted by Gasteiger charge is -2.27. The first kappa shape index (κ1) is 26.6. The van der Waals surface area contributed by atoms with Crippen LogP contribution >= 0.6 is 11.8 Å². The third-order valence-electron chi connectivity index (χ3n) is 5.33. The van der Waals surface area contributed by atoms with Crippen LogP contribution in [0.3, 0.4) is 0 Å². The average Bonchev–Trinajstić information content (AvgIpc) is 2.82. The number of carboxylic acid groups (broad SMARTS) is 1. The van der Waals surface area contributed by atoms with E-state index in [-0.39, 0.29) is 10.6 Å². The van der Waals surface area contributed by atoms with Crippen LogP contribution in [0.1, 0.15) is 17.8 Å². The summed E-state index contributed by atoms with van der Waals surface area (Å²) in [5, 5.41) is 20.6. The van der Waals surface area contributed by atoms with Crippen molar-refractivity contribution in [1.82, 2.24) is 9.97 Å². The van der Waals surface area contributed by atoms with Crippen molar-refractivity contribution in [2.75, 3.05) is 12.9 Å². The van der Waals surface area contributed by atoms with Crippen molar-refractivity contribution in [3.63, 3.8) is 0 Å². The summed E-state index contributed by atoms with van der Waals surface area (Å²) in [6.07, 6.45) is -2.04. The minimum atomic E-state index is -4.54. The molecule has 9 nitrogen and oxygen atoms in total. The van der Waals surface area contributed by atoms with Gasteiger partial charge in [0.25, 0.3) is 0 Å². The molecule has 0 fully saturated rings. The molecule has 0 radical (unpaired) electrons. The van der Waals surface area contributed by atoms with Gasteiger partial charge in [0, 0.05) is 23.6 Å². The Morgan fingerprint density at radius 3 is 2.06 bits per heavy atom. The van der Waals surface area contributed by atoms with Gasteiger partial charge >= 0.3 is 5.97 Å². The molecule has 4 N–H and O–H groups in total. The zero-order valence-corrected chi connectivity index (χ0v) is 21.1. The maximum absolute atomic E-state index is 13.3. The first-order valence-electron chi connectivity index (χ1n) is 10.6. The number of nitrogens with zero attached hydrogens (tertiary/aromatic N) is 2. The zero-order valence-electron chi connectivity index (χ0n) is 19.5. The fourth-order valence-corrected chi connectivity index (χ4v) is 5.90. The summed E-state index contributed by atoms with van der Waals surface area (Å²) < 4.78 is 31.7. The number of ether oxygens (including phenoxy) is 1. The Morgan fingerprint density at radius 2 is 1.57 bits per heavy atom. The number of hydrogen-bond acceptors (Lipinski definition) is 9. The van der Waals surface area contributed by atoms with Gasteiger partial charge < -0.3 is 20.7 Å². The predicted molar refractivity (Wildman–Crippen MR) is 133 cm³/mol. The molecular weight excluding hydrogens is 490 g/mol. The fourth-order valence-electron chi connectivity index (χ4n) is 3.47. The Balaban J connectivity index is 1.79. The summed E-state index contributed by atoms with van der Waals surface area (Å²) in [5.74, 6) is -1.09. The fraction of sp³-hybridized carbons (Fsp3) is 0.292. The van der Waals surface area contributed by atoms with E-state index in [9.17, 15) is 23.4 Å². The predicted octanol–water partition coefficient (Wildman–Crippen LogP) is 2.83. The molecule has 0 amide bonds. The number of aliphatic carboxylic acids is 1. The molecule has 1 heterocycles. The molecule has 186 valence electrons. The van der Waals surface area contributed by atoms with Gasteiger partial charge in [-0.05, 0) is 55.3 Å². The van der Waals surface area contributed by atoms with Crippen molar-refractivity contribution in [3.8, 4) is 16.9 Å². The van der Waals surface area contributed by atoms with Crippen LogP contribution in [-0.4, -0.2) is 58.4 Å². The number of aromatic nitrogens is 2. The second kappa shape index (κ2) is 10.7. The number of nitrogens with two attached hydrogens (primary N) is 1. The highest BCUT2D eigenvalue weighted by molar-refractivity contribution is 7.99. The van der Waals surface area contributed by atoms with Gasteiger partial charge in [-0.1, -0.05) is 36.0 Å². The van der Waals surface area contributed by atoms with Crippen LogP contribution in [0, 0.1) is 13.8 Å². The first-order valence-corrected chi connectivity index (χ1v) is 13.1. The van der Waals surface area contributed by atoms with Crippen molar-refractivity contribution < 1.29 is 28.2 Å². The third kappa shape index (κ3) is 5.99. The zero-order chi connectivity index (χ0) is 25.8. The molecule has 3 rings (SSSR count). The van der Waals surface area contributed by atoms with E-state index in [1.807, 2.05) is 12.1 Å². The lowest BCUT2D eigenvalue weighted by atomic mass is 10.1. The normalized spacial score (nSPS) is 14.2. The van der Waals surface area contributed by atoms with E-state index in [1.54, 1.807) is 51.3 Å². The number of carboxylic acids is 1. The molecular formula is C24H27N3O6S2. The van der Waals surface area contributed by atoms with E-state index < -0.39 is 33.2 Å². The van der Waals surface area contributed by atoms with Crippen LogP contribution in [0.25, 0.3) is 11.1 Å². The molecule has 1 aromatic heterocycles. The van der Waals surface area contributed by atoms with Gasteiger partial charge in [0.1, 0.15) is 5.75 Å². The van der Waals surface area contributed by atoms with E-state index in [0.29, 0.717) is 10.9 Å². The number of sulfone groups is 1. The summed E-state index contributed by atoms with van der Waals surface area (Å²) in [6.45, 7) is 3.61. The molecule has 0 aliphatic rings. The van der Waals surface area contributed by atoms with Crippen molar-refractivity contribution >= 4 is 27.6 Å². The molecule has 0 spiro atoms. The number of carbonyl (C=O) groups is 1. The minimum Gasteiger partial charge on any atom is -0.497 e. The molecule has 35 heavy (non-hydrogen) atoms. The largest absolute Gasteiger partial charge is 0.497 e. The second-order valence-electron chi connectivity index (χ2n) is 8.05. The molecule has 0 aliphatic carbocycles. The van der Waals surface area contributed by atoms with Gasteiger partial charge in [0.15, 0.2) is 5.16 Å². The number of benzene rings is 2.